The SMILES string of the molecule is CCCCC(=O)Nc1ccc(-n2nc(OCC)nc2-c2ccc(Cl)c(Cl)c2)cc1. The van der Waals surface area contributed by atoms with Crippen molar-refractivity contribution in [1.82, 2.24) is 14.8 Å². The number of aromatic nitrogens is 3. The van der Waals surface area contributed by atoms with Crippen molar-refractivity contribution in [3.05, 3.63) is 52.5 Å². The van der Waals surface area contributed by atoms with Crippen LogP contribution in [0.15, 0.2) is 42.5 Å². The molecular formula is C21H22Cl2N4O2. The normalized spacial score (nSPS) is 10.8. The summed E-state index contributed by atoms with van der Waals surface area (Å²) in [4.78, 5) is 16.4. The summed E-state index contributed by atoms with van der Waals surface area (Å²) < 4.78 is 7.15. The van der Waals surface area contributed by atoms with Crippen LogP contribution in [-0.4, -0.2) is 27.3 Å². The molecular weight excluding hydrogens is 411 g/mol. The highest BCUT2D eigenvalue weighted by Crippen LogP contribution is 2.30. The number of benzene rings is 2. The lowest BCUT2D eigenvalue weighted by molar-refractivity contribution is -0.116. The molecule has 3 rings (SSSR count). The van der Waals surface area contributed by atoms with Gasteiger partial charge >= 0.3 is 6.01 Å². The Kier molecular flexibility index (Phi) is 7.12. The molecule has 0 aliphatic carbocycles. The zero-order chi connectivity index (χ0) is 20.8. The number of unbranched alkanes of at least 4 members (excludes halogenated alkanes) is 1. The summed E-state index contributed by atoms with van der Waals surface area (Å²) in [7, 11) is 0. The van der Waals surface area contributed by atoms with Crippen LogP contribution < -0.4 is 10.1 Å². The summed E-state index contributed by atoms with van der Waals surface area (Å²) in [5.41, 5.74) is 2.27. The molecule has 1 N–H and O–H groups in total. The molecule has 1 heterocycles. The van der Waals surface area contributed by atoms with E-state index in [1.165, 1.54) is 0 Å². The molecule has 8 heteroatoms. The van der Waals surface area contributed by atoms with Gasteiger partial charge in [-0.15, -0.1) is 5.10 Å². The third kappa shape index (κ3) is 5.28. The molecule has 1 aromatic heterocycles. The maximum Gasteiger partial charge on any atom is 0.336 e. The number of amides is 1. The lowest BCUT2D eigenvalue weighted by atomic mass is 10.2. The minimum absolute atomic E-state index is 0.00971. The maximum absolute atomic E-state index is 11.9. The maximum atomic E-state index is 11.9. The van der Waals surface area contributed by atoms with Crippen molar-refractivity contribution < 1.29 is 9.53 Å². The van der Waals surface area contributed by atoms with Crippen LogP contribution in [-0.2, 0) is 4.79 Å². The van der Waals surface area contributed by atoms with Crippen molar-refractivity contribution in [2.24, 2.45) is 0 Å². The molecule has 6 nitrogen and oxygen atoms in total. The van der Waals surface area contributed by atoms with Gasteiger partial charge in [-0.05, 0) is 55.8 Å². The zero-order valence-electron chi connectivity index (χ0n) is 16.3. The van der Waals surface area contributed by atoms with Gasteiger partial charge in [-0.25, -0.2) is 4.68 Å². The van der Waals surface area contributed by atoms with E-state index in [2.05, 4.69) is 22.3 Å². The molecule has 0 saturated carbocycles. The Morgan fingerprint density at radius 3 is 2.52 bits per heavy atom. The van der Waals surface area contributed by atoms with Gasteiger partial charge in [-0.1, -0.05) is 36.5 Å². The molecule has 3 aromatic rings. The van der Waals surface area contributed by atoms with E-state index in [0.29, 0.717) is 28.9 Å². The molecule has 1 amide bonds. The first-order valence-corrected chi connectivity index (χ1v) is 10.2. The summed E-state index contributed by atoms with van der Waals surface area (Å²) in [5.74, 6) is 0.585. The van der Waals surface area contributed by atoms with Crippen molar-refractivity contribution in [1.29, 1.82) is 0 Å². The van der Waals surface area contributed by atoms with Crippen molar-refractivity contribution >= 4 is 34.8 Å². The Balaban J connectivity index is 1.91. The van der Waals surface area contributed by atoms with E-state index in [1.807, 2.05) is 37.3 Å². The molecule has 0 fully saturated rings. The lowest BCUT2D eigenvalue weighted by Crippen LogP contribution is -2.11. The fourth-order valence-electron chi connectivity index (χ4n) is 2.73. The quantitative estimate of drug-likeness (QED) is 0.490. The van der Waals surface area contributed by atoms with Gasteiger partial charge < -0.3 is 10.1 Å². The van der Waals surface area contributed by atoms with Crippen LogP contribution in [0, 0.1) is 0 Å². The van der Waals surface area contributed by atoms with Gasteiger partial charge in [0.15, 0.2) is 5.82 Å². The molecule has 0 saturated heterocycles. The molecule has 2 aromatic carbocycles. The Bertz CT molecular complexity index is 987. The Morgan fingerprint density at radius 1 is 1.10 bits per heavy atom. The minimum atomic E-state index is 0.00971. The monoisotopic (exact) mass is 432 g/mol. The highest BCUT2D eigenvalue weighted by molar-refractivity contribution is 6.42. The van der Waals surface area contributed by atoms with E-state index in [9.17, 15) is 4.79 Å². The average molecular weight is 433 g/mol. The van der Waals surface area contributed by atoms with Crippen molar-refractivity contribution in [3.63, 3.8) is 0 Å². The molecule has 0 spiro atoms. The number of halogens is 2. The number of carbonyl (C=O) groups is 1. The number of ether oxygens (including phenoxy) is 1. The summed E-state index contributed by atoms with van der Waals surface area (Å²) >= 11 is 12.2. The van der Waals surface area contributed by atoms with Crippen molar-refractivity contribution in [2.45, 2.75) is 33.1 Å². The third-order valence-corrected chi connectivity index (χ3v) is 4.93. The van der Waals surface area contributed by atoms with Gasteiger partial charge in [0, 0.05) is 17.7 Å². The molecule has 152 valence electrons. The van der Waals surface area contributed by atoms with Gasteiger partial charge in [-0.3, -0.25) is 4.79 Å². The van der Waals surface area contributed by atoms with Crippen LogP contribution in [0.1, 0.15) is 33.1 Å². The average Bonchev–Trinajstić information content (AvgIpc) is 3.13. The topological polar surface area (TPSA) is 69.0 Å². The lowest BCUT2D eigenvalue weighted by Gasteiger charge is -2.09. The smallest absolute Gasteiger partial charge is 0.336 e. The number of hydrogen-bond donors (Lipinski definition) is 1. The van der Waals surface area contributed by atoms with Gasteiger partial charge in [0.05, 0.1) is 22.3 Å². The number of nitrogens with one attached hydrogen (secondary N) is 1. The predicted octanol–water partition coefficient (Wildman–Crippen LogP) is 5.77. The van der Waals surface area contributed by atoms with Crippen LogP contribution in [0.3, 0.4) is 0 Å². The largest absolute Gasteiger partial charge is 0.463 e. The summed E-state index contributed by atoms with van der Waals surface area (Å²) in [6.07, 6.45) is 2.37. The van der Waals surface area contributed by atoms with Gasteiger partial charge in [0.1, 0.15) is 0 Å². The second-order valence-corrected chi connectivity index (χ2v) is 7.20. The van der Waals surface area contributed by atoms with E-state index in [0.717, 1.165) is 29.8 Å². The molecule has 0 aliphatic rings. The Hall–Kier alpha value is -2.57. The second kappa shape index (κ2) is 9.76. The Morgan fingerprint density at radius 2 is 1.86 bits per heavy atom. The molecule has 0 bridgehead atoms. The molecule has 29 heavy (non-hydrogen) atoms. The number of carbonyl (C=O) groups excluding carboxylic acids is 1. The number of rotatable bonds is 8. The van der Waals surface area contributed by atoms with Gasteiger partial charge in [0.2, 0.25) is 5.91 Å². The standard InChI is InChI=1S/C21H22Cl2N4O2/c1-3-5-6-19(28)24-15-8-10-16(11-9-15)27-20(25-21(26-27)29-4-2)14-7-12-17(22)18(23)13-14/h7-13H,3-6H2,1-2H3,(H,24,28). The van der Waals surface area contributed by atoms with Crippen LogP contribution >= 0.6 is 23.2 Å². The van der Waals surface area contributed by atoms with E-state index < -0.39 is 0 Å². The molecule has 0 aliphatic heterocycles. The van der Waals surface area contributed by atoms with E-state index in [-0.39, 0.29) is 11.9 Å². The fraction of sp³-hybridized carbons (Fsp3) is 0.286. The zero-order valence-corrected chi connectivity index (χ0v) is 17.8. The third-order valence-electron chi connectivity index (χ3n) is 4.19. The summed E-state index contributed by atoms with van der Waals surface area (Å²) in [6.45, 7) is 4.38. The van der Waals surface area contributed by atoms with Crippen molar-refractivity contribution in [3.8, 4) is 23.1 Å². The number of nitrogens with zero attached hydrogens (tertiary/aromatic N) is 3. The first-order chi connectivity index (χ1) is 14.0. The predicted molar refractivity (Wildman–Crippen MR) is 116 cm³/mol. The minimum Gasteiger partial charge on any atom is -0.463 e. The van der Waals surface area contributed by atoms with E-state index >= 15 is 0 Å². The van der Waals surface area contributed by atoms with Crippen LogP contribution in [0.25, 0.3) is 17.1 Å². The summed E-state index contributed by atoms with van der Waals surface area (Å²) in [5, 5.41) is 8.25. The molecule has 0 atom stereocenters. The fourth-order valence-corrected chi connectivity index (χ4v) is 3.03. The second-order valence-electron chi connectivity index (χ2n) is 6.39. The van der Waals surface area contributed by atoms with Crippen LogP contribution in [0.2, 0.25) is 10.0 Å². The highest BCUT2D eigenvalue weighted by Gasteiger charge is 2.16. The Labute approximate surface area is 179 Å². The van der Waals surface area contributed by atoms with Crippen molar-refractivity contribution in [2.75, 3.05) is 11.9 Å². The first kappa shape index (κ1) is 21.1. The van der Waals surface area contributed by atoms with Gasteiger partial charge in [-0.2, -0.15) is 4.98 Å². The molecule has 0 radical (unpaired) electrons. The first-order valence-electron chi connectivity index (χ1n) is 9.47. The van der Waals surface area contributed by atoms with E-state index in [1.54, 1.807) is 16.8 Å². The highest BCUT2D eigenvalue weighted by atomic mass is 35.5. The number of hydrogen-bond acceptors (Lipinski definition) is 4. The van der Waals surface area contributed by atoms with Gasteiger partial charge in [0.25, 0.3) is 0 Å². The van der Waals surface area contributed by atoms with E-state index in [4.69, 9.17) is 27.9 Å². The van der Waals surface area contributed by atoms with Crippen LogP contribution in [0.4, 0.5) is 5.69 Å². The summed E-state index contributed by atoms with van der Waals surface area (Å²) in [6, 6.07) is 12.9. The molecule has 0 unspecified atom stereocenters. The number of anilines is 1. The van der Waals surface area contributed by atoms with Crippen LogP contribution in [0.5, 0.6) is 6.01 Å².